The van der Waals surface area contributed by atoms with Crippen LogP contribution in [0.4, 0.5) is 4.39 Å². The van der Waals surface area contributed by atoms with Gasteiger partial charge in [-0.15, -0.1) is 11.3 Å². The second kappa shape index (κ2) is 4.11. The Bertz CT molecular complexity index is 505. The van der Waals surface area contributed by atoms with E-state index in [1.165, 1.54) is 12.1 Å². The number of halogens is 1. The fourth-order valence-corrected chi connectivity index (χ4v) is 2.71. The second-order valence-electron chi connectivity index (χ2n) is 4.29. The van der Waals surface area contributed by atoms with E-state index in [1.807, 2.05) is 0 Å². The smallest absolute Gasteiger partial charge is 0.125 e. The predicted octanol–water partition coefficient (Wildman–Crippen LogP) is 3.28. The Kier molecular flexibility index (Phi) is 2.95. The molecule has 1 aromatic carbocycles. The van der Waals surface area contributed by atoms with E-state index in [4.69, 9.17) is 0 Å². The molecule has 0 bridgehead atoms. The average Bonchev–Trinajstić information content (AvgIpc) is 2.61. The molecule has 0 aliphatic heterocycles. The largest absolute Gasteiger partial charge is 0.306 e. The number of aromatic nitrogens is 1. The van der Waals surface area contributed by atoms with Crippen molar-refractivity contribution in [1.29, 1.82) is 0 Å². The van der Waals surface area contributed by atoms with Gasteiger partial charge in [-0.1, -0.05) is 6.92 Å². The van der Waals surface area contributed by atoms with E-state index in [-0.39, 0.29) is 11.4 Å². The van der Waals surface area contributed by atoms with Gasteiger partial charge in [0.15, 0.2) is 0 Å². The summed E-state index contributed by atoms with van der Waals surface area (Å²) in [6.45, 7) is 7.13. The van der Waals surface area contributed by atoms with Gasteiger partial charge >= 0.3 is 0 Å². The highest BCUT2D eigenvalue weighted by atomic mass is 32.1. The normalized spacial score (nSPS) is 12.2. The van der Waals surface area contributed by atoms with Crippen LogP contribution in [0.3, 0.4) is 0 Å². The van der Waals surface area contributed by atoms with Crippen LogP contribution >= 0.6 is 11.3 Å². The molecule has 16 heavy (non-hydrogen) atoms. The SMILES string of the molecule is CCNC(C)(C)c1nc2cc(F)ccc2s1. The Morgan fingerprint density at radius 3 is 2.88 bits per heavy atom. The second-order valence-corrected chi connectivity index (χ2v) is 5.32. The molecule has 86 valence electrons. The van der Waals surface area contributed by atoms with Gasteiger partial charge in [0.2, 0.25) is 0 Å². The Hall–Kier alpha value is -1.00. The molecule has 0 spiro atoms. The van der Waals surface area contributed by atoms with Gasteiger partial charge in [-0.05, 0) is 32.5 Å². The summed E-state index contributed by atoms with van der Waals surface area (Å²) in [5, 5.41) is 4.36. The molecule has 1 aromatic heterocycles. The lowest BCUT2D eigenvalue weighted by Crippen LogP contribution is -2.36. The highest BCUT2D eigenvalue weighted by Crippen LogP contribution is 2.30. The molecule has 0 saturated carbocycles. The van der Waals surface area contributed by atoms with Crippen molar-refractivity contribution in [2.75, 3.05) is 6.54 Å². The van der Waals surface area contributed by atoms with Gasteiger partial charge in [0.05, 0.1) is 15.8 Å². The number of benzene rings is 1. The molecule has 0 atom stereocenters. The molecule has 1 N–H and O–H groups in total. The van der Waals surface area contributed by atoms with Gasteiger partial charge in [-0.25, -0.2) is 9.37 Å². The zero-order valence-electron chi connectivity index (χ0n) is 9.67. The van der Waals surface area contributed by atoms with Crippen LogP contribution in [0.25, 0.3) is 10.2 Å². The molecule has 1 heterocycles. The molecular weight excluding hydrogens is 223 g/mol. The van der Waals surface area contributed by atoms with Crippen molar-refractivity contribution in [2.45, 2.75) is 26.3 Å². The summed E-state index contributed by atoms with van der Waals surface area (Å²) < 4.78 is 14.1. The summed E-state index contributed by atoms with van der Waals surface area (Å²) in [6.07, 6.45) is 0. The zero-order chi connectivity index (χ0) is 11.8. The van der Waals surface area contributed by atoms with Crippen LogP contribution in [0.1, 0.15) is 25.8 Å². The average molecular weight is 238 g/mol. The van der Waals surface area contributed by atoms with Crippen molar-refractivity contribution in [1.82, 2.24) is 10.3 Å². The number of rotatable bonds is 3. The van der Waals surface area contributed by atoms with Crippen LogP contribution < -0.4 is 5.32 Å². The maximum absolute atomic E-state index is 13.0. The first-order chi connectivity index (χ1) is 7.53. The van der Waals surface area contributed by atoms with E-state index < -0.39 is 0 Å². The molecule has 0 fully saturated rings. The van der Waals surface area contributed by atoms with Gasteiger partial charge < -0.3 is 5.32 Å². The zero-order valence-corrected chi connectivity index (χ0v) is 10.5. The highest BCUT2D eigenvalue weighted by Gasteiger charge is 2.23. The number of fused-ring (bicyclic) bond motifs is 1. The summed E-state index contributed by atoms with van der Waals surface area (Å²) in [6, 6.07) is 4.75. The molecule has 0 radical (unpaired) electrons. The van der Waals surface area contributed by atoms with Crippen molar-refractivity contribution < 1.29 is 4.39 Å². The van der Waals surface area contributed by atoms with Gasteiger partial charge in [0, 0.05) is 6.07 Å². The fourth-order valence-electron chi connectivity index (χ4n) is 1.69. The molecule has 0 amide bonds. The van der Waals surface area contributed by atoms with E-state index in [9.17, 15) is 4.39 Å². The topological polar surface area (TPSA) is 24.9 Å². The first-order valence-electron chi connectivity index (χ1n) is 5.34. The third-order valence-corrected chi connectivity index (χ3v) is 3.86. The maximum atomic E-state index is 13.0. The number of nitrogens with one attached hydrogen (secondary N) is 1. The molecule has 0 saturated heterocycles. The van der Waals surface area contributed by atoms with Crippen molar-refractivity contribution in [3.05, 3.63) is 29.0 Å². The Morgan fingerprint density at radius 2 is 2.19 bits per heavy atom. The van der Waals surface area contributed by atoms with Gasteiger partial charge in [0.1, 0.15) is 10.8 Å². The van der Waals surface area contributed by atoms with Crippen LogP contribution in [0.15, 0.2) is 18.2 Å². The molecule has 2 nitrogen and oxygen atoms in total. The van der Waals surface area contributed by atoms with Crippen LogP contribution in [0.2, 0.25) is 0 Å². The first-order valence-corrected chi connectivity index (χ1v) is 6.16. The number of hydrogen-bond acceptors (Lipinski definition) is 3. The predicted molar refractivity (Wildman–Crippen MR) is 66.3 cm³/mol. The highest BCUT2D eigenvalue weighted by molar-refractivity contribution is 7.18. The van der Waals surface area contributed by atoms with E-state index in [0.29, 0.717) is 0 Å². The minimum Gasteiger partial charge on any atom is -0.306 e. The Balaban J connectivity index is 2.46. The lowest BCUT2D eigenvalue weighted by Gasteiger charge is -2.22. The number of hydrogen-bond donors (Lipinski definition) is 1. The van der Waals surface area contributed by atoms with Crippen LogP contribution in [0.5, 0.6) is 0 Å². The summed E-state index contributed by atoms with van der Waals surface area (Å²) >= 11 is 1.61. The molecule has 4 heteroatoms. The first kappa shape index (κ1) is 11.5. The standard InChI is InChI=1S/C12H15FN2S/c1-4-14-12(2,3)11-15-9-7-8(13)5-6-10(9)16-11/h5-7,14H,4H2,1-3H3. The van der Waals surface area contributed by atoms with Crippen molar-refractivity contribution in [3.63, 3.8) is 0 Å². The van der Waals surface area contributed by atoms with Crippen molar-refractivity contribution >= 4 is 21.6 Å². The van der Waals surface area contributed by atoms with Crippen LogP contribution in [-0.2, 0) is 5.54 Å². The lowest BCUT2D eigenvalue weighted by atomic mass is 10.1. The minimum absolute atomic E-state index is 0.158. The summed E-state index contributed by atoms with van der Waals surface area (Å²) in [7, 11) is 0. The minimum atomic E-state index is -0.231. The van der Waals surface area contributed by atoms with E-state index in [0.717, 1.165) is 21.8 Å². The van der Waals surface area contributed by atoms with E-state index in [2.05, 4.69) is 31.1 Å². The van der Waals surface area contributed by atoms with Gasteiger partial charge in [-0.3, -0.25) is 0 Å². The van der Waals surface area contributed by atoms with Gasteiger partial charge in [-0.2, -0.15) is 0 Å². The van der Waals surface area contributed by atoms with Gasteiger partial charge in [0.25, 0.3) is 0 Å². The summed E-state index contributed by atoms with van der Waals surface area (Å²) in [5.41, 5.74) is 0.584. The fraction of sp³-hybridized carbons (Fsp3) is 0.417. The van der Waals surface area contributed by atoms with Crippen LogP contribution in [0, 0.1) is 5.82 Å². The molecular formula is C12H15FN2S. The molecule has 2 aromatic rings. The van der Waals surface area contributed by atoms with E-state index >= 15 is 0 Å². The Morgan fingerprint density at radius 1 is 1.44 bits per heavy atom. The maximum Gasteiger partial charge on any atom is 0.125 e. The summed E-state index contributed by atoms with van der Waals surface area (Å²) in [5.74, 6) is -0.231. The molecule has 0 unspecified atom stereocenters. The molecule has 0 aliphatic rings. The third kappa shape index (κ3) is 2.08. The van der Waals surface area contributed by atoms with Crippen molar-refractivity contribution in [3.8, 4) is 0 Å². The monoisotopic (exact) mass is 238 g/mol. The Labute approximate surface area is 98.5 Å². The molecule has 0 aliphatic carbocycles. The molecule has 2 rings (SSSR count). The number of thiazole rings is 1. The third-order valence-electron chi connectivity index (χ3n) is 2.50. The number of nitrogens with zero attached hydrogens (tertiary/aromatic N) is 1. The van der Waals surface area contributed by atoms with Crippen LogP contribution in [-0.4, -0.2) is 11.5 Å². The van der Waals surface area contributed by atoms with E-state index in [1.54, 1.807) is 17.4 Å². The summed E-state index contributed by atoms with van der Waals surface area (Å²) in [4.78, 5) is 4.48. The van der Waals surface area contributed by atoms with Crippen molar-refractivity contribution in [2.24, 2.45) is 0 Å². The quantitative estimate of drug-likeness (QED) is 0.887. The lowest BCUT2D eigenvalue weighted by molar-refractivity contribution is 0.414.